The van der Waals surface area contributed by atoms with Crippen LogP contribution in [0.25, 0.3) is 16.7 Å². The zero-order valence-electron chi connectivity index (χ0n) is 11.9. The lowest BCUT2D eigenvalue weighted by Crippen LogP contribution is -1.98. The number of aromatic nitrogens is 3. The van der Waals surface area contributed by atoms with Gasteiger partial charge in [-0.3, -0.25) is 0 Å². The van der Waals surface area contributed by atoms with Crippen LogP contribution in [-0.2, 0) is 0 Å². The first kappa shape index (κ1) is 13.9. The van der Waals surface area contributed by atoms with E-state index in [9.17, 15) is 5.11 Å². The van der Waals surface area contributed by atoms with Gasteiger partial charge in [-0.2, -0.15) is 0 Å². The molecule has 2 aromatic heterocycles. The average molecular weight is 299 g/mol. The molecule has 0 fully saturated rings. The zero-order chi connectivity index (χ0) is 14.7. The number of benzene rings is 1. The lowest BCUT2D eigenvalue weighted by Gasteiger charge is -2.06. The molecule has 0 spiro atoms. The van der Waals surface area contributed by atoms with Crippen molar-refractivity contribution in [3.63, 3.8) is 0 Å². The van der Waals surface area contributed by atoms with E-state index in [0.29, 0.717) is 0 Å². The standard InChI is InChI=1S/C16H17N3OS/c1-2-3-11-21-16-17-9-7-15(18-16)19-10-8-12-13(19)5-4-6-14(12)20/h4-10,20H,2-3,11H2,1H3. The summed E-state index contributed by atoms with van der Waals surface area (Å²) < 4.78 is 1.97. The molecule has 0 saturated carbocycles. The van der Waals surface area contributed by atoms with Crippen LogP contribution in [0.4, 0.5) is 0 Å². The summed E-state index contributed by atoms with van der Waals surface area (Å²) in [6.45, 7) is 2.18. The molecule has 108 valence electrons. The van der Waals surface area contributed by atoms with Crippen LogP contribution in [0.3, 0.4) is 0 Å². The number of phenolic OH excluding ortho intramolecular Hbond substituents is 1. The minimum atomic E-state index is 0.290. The van der Waals surface area contributed by atoms with Crippen LogP contribution in [0.5, 0.6) is 5.75 Å². The van der Waals surface area contributed by atoms with Crippen LogP contribution >= 0.6 is 11.8 Å². The predicted octanol–water partition coefficient (Wildman–Crippen LogP) is 4.02. The van der Waals surface area contributed by atoms with Gasteiger partial charge < -0.3 is 9.67 Å². The monoisotopic (exact) mass is 299 g/mol. The lowest BCUT2D eigenvalue weighted by molar-refractivity contribution is 0.481. The predicted molar refractivity (Wildman–Crippen MR) is 86.2 cm³/mol. The van der Waals surface area contributed by atoms with Gasteiger partial charge >= 0.3 is 0 Å². The van der Waals surface area contributed by atoms with E-state index in [-0.39, 0.29) is 5.75 Å². The molecule has 0 radical (unpaired) electrons. The summed E-state index contributed by atoms with van der Waals surface area (Å²) >= 11 is 1.68. The number of hydrogen-bond acceptors (Lipinski definition) is 4. The molecule has 0 atom stereocenters. The Kier molecular flexibility index (Phi) is 4.10. The Hall–Kier alpha value is -2.01. The summed E-state index contributed by atoms with van der Waals surface area (Å²) in [6.07, 6.45) is 6.05. The first-order valence-electron chi connectivity index (χ1n) is 7.05. The molecule has 3 rings (SSSR count). The molecule has 21 heavy (non-hydrogen) atoms. The van der Waals surface area contributed by atoms with Gasteiger partial charge in [-0.05, 0) is 30.7 Å². The first-order valence-corrected chi connectivity index (χ1v) is 8.03. The van der Waals surface area contributed by atoms with Crippen molar-refractivity contribution in [1.82, 2.24) is 14.5 Å². The van der Waals surface area contributed by atoms with Crippen LogP contribution in [0.15, 0.2) is 47.9 Å². The number of unbranched alkanes of at least 4 members (excludes halogenated alkanes) is 1. The van der Waals surface area contributed by atoms with Crippen LogP contribution in [0, 0.1) is 0 Å². The second-order valence-corrected chi connectivity index (χ2v) is 5.86. The molecule has 0 aliphatic rings. The number of hydrogen-bond donors (Lipinski definition) is 1. The Bertz CT molecular complexity index is 754. The summed E-state index contributed by atoms with van der Waals surface area (Å²) in [5.41, 5.74) is 0.943. The minimum Gasteiger partial charge on any atom is -0.507 e. The van der Waals surface area contributed by atoms with Gasteiger partial charge in [0.1, 0.15) is 11.6 Å². The Morgan fingerprint density at radius 1 is 1.24 bits per heavy atom. The summed E-state index contributed by atoms with van der Waals surface area (Å²) in [7, 11) is 0. The highest BCUT2D eigenvalue weighted by Gasteiger charge is 2.08. The van der Waals surface area contributed by atoms with Crippen LogP contribution < -0.4 is 0 Å². The van der Waals surface area contributed by atoms with E-state index in [1.165, 1.54) is 12.8 Å². The van der Waals surface area contributed by atoms with E-state index in [0.717, 1.165) is 27.6 Å². The van der Waals surface area contributed by atoms with Crippen LogP contribution in [0.1, 0.15) is 19.8 Å². The van der Waals surface area contributed by atoms with Gasteiger partial charge in [-0.15, -0.1) is 0 Å². The molecule has 0 aliphatic carbocycles. The maximum atomic E-state index is 9.88. The molecule has 4 nitrogen and oxygen atoms in total. The quantitative estimate of drug-likeness (QED) is 0.439. The maximum Gasteiger partial charge on any atom is 0.189 e. The highest BCUT2D eigenvalue weighted by molar-refractivity contribution is 7.99. The highest BCUT2D eigenvalue weighted by atomic mass is 32.2. The number of rotatable bonds is 5. The fraction of sp³-hybridized carbons (Fsp3) is 0.250. The van der Waals surface area contributed by atoms with Crippen molar-refractivity contribution in [2.24, 2.45) is 0 Å². The second-order valence-electron chi connectivity index (χ2n) is 4.80. The smallest absolute Gasteiger partial charge is 0.189 e. The molecule has 3 aromatic rings. The van der Waals surface area contributed by atoms with Crippen molar-refractivity contribution >= 4 is 22.7 Å². The Morgan fingerprint density at radius 3 is 3.00 bits per heavy atom. The second kappa shape index (κ2) is 6.18. The highest BCUT2D eigenvalue weighted by Crippen LogP contribution is 2.27. The van der Waals surface area contributed by atoms with Gasteiger partial charge in [0, 0.05) is 23.5 Å². The van der Waals surface area contributed by atoms with Crippen molar-refractivity contribution < 1.29 is 5.11 Å². The van der Waals surface area contributed by atoms with Gasteiger partial charge in [0.15, 0.2) is 5.16 Å². The fourth-order valence-corrected chi connectivity index (χ4v) is 3.10. The van der Waals surface area contributed by atoms with E-state index in [1.807, 2.05) is 35.0 Å². The SMILES string of the molecule is CCCCSc1nccc(-n2ccc3c(O)cccc32)n1. The van der Waals surface area contributed by atoms with Crippen molar-refractivity contribution in [2.45, 2.75) is 24.9 Å². The molecular weight excluding hydrogens is 282 g/mol. The van der Waals surface area contributed by atoms with Gasteiger partial charge in [0.05, 0.1) is 5.52 Å². The van der Waals surface area contributed by atoms with E-state index in [2.05, 4.69) is 16.9 Å². The maximum absolute atomic E-state index is 9.88. The van der Waals surface area contributed by atoms with Gasteiger partial charge in [0.25, 0.3) is 0 Å². The lowest BCUT2D eigenvalue weighted by atomic mass is 10.2. The molecule has 0 amide bonds. The zero-order valence-corrected chi connectivity index (χ0v) is 12.7. The molecule has 0 unspecified atom stereocenters. The largest absolute Gasteiger partial charge is 0.507 e. The molecule has 0 aliphatic heterocycles. The van der Waals surface area contributed by atoms with Gasteiger partial charge in [-0.1, -0.05) is 31.2 Å². The average Bonchev–Trinajstić information content (AvgIpc) is 2.93. The number of nitrogens with zero attached hydrogens (tertiary/aromatic N) is 3. The third-order valence-corrected chi connectivity index (χ3v) is 4.25. The fourth-order valence-electron chi connectivity index (χ4n) is 2.19. The molecular formula is C16H17N3OS. The summed E-state index contributed by atoms with van der Waals surface area (Å²) in [5, 5.41) is 11.5. The van der Waals surface area contributed by atoms with Crippen LogP contribution in [-0.4, -0.2) is 25.4 Å². The molecule has 5 heteroatoms. The molecule has 1 aromatic carbocycles. The molecule has 0 saturated heterocycles. The molecule has 0 bridgehead atoms. The van der Waals surface area contributed by atoms with E-state index in [1.54, 1.807) is 24.0 Å². The first-order chi connectivity index (χ1) is 10.3. The van der Waals surface area contributed by atoms with Crippen molar-refractivity contribution in [2.75, 3.05) is 5.75 Å². The molecule has 1 N–H and O–H groups in total. The third kappa shape index (κ3) is 2.88. The van der Waals surface area contributed by atoms with Crippen molar-refractivity contribution in [1.29, 1.82) is 0 Å². The Balaban J connectivity index is 1.95. The minimum absolute atomic E-state index is 0.290. The van der Waals surface area contributed by atoms with Gasteiger partial charge in [0.2, 0.25) is 0 Å². The van der Waals surface area contributed by atoms with Gasteiger partial charge in [-0.25, -0.2) is 9.97 Å². The topological polar surface area (TPSA) is 50.9 Å². The summed E-state index contributed by atoms with van der Waals surface area (Å²) in [6, 6.07) is 9.29. The van der Waals surface area contributed by atoms with E-state index >= 15 is 0 Å². The number of fused-ring (bicyclic) bond motifs is 1. The summed E-state index contributed by atoms with van der Waals surface area (Å²) in [4.78, 5) is 8.91. The third-order valence-electron chi connectivity index (χ3n) is 3.30. The number of thioether (sulfide) groups is 1. The molecule has 2 heterocycles. The number of aromatic hydroxyl groups is 1. The van der Waals surface area contributed by atoms with Crippen LogP contribution in [0.2, 0.25) is 0 Å². The summed E-state index contributed by atoms with van der Waals surface area (Å²) in [5.74, 6) is 2.15. The van der Waals surface area contributed by atoms with Crippen molar-refractivity contribution in [3.8, 4) is 11.6 Å². The Labute approximate surface area is 127 Å². The number of phenols is 1. The Morgan fingerprint density at radius 2 is 2.14 bits per heavy atom. The van der Waals surface area contributed by atoms with E-state index < -0.39 is 0 Å². The van der Waals surface area contributed by atoms with E-state index in [4.69, 9.17) is 0 Å². The van der Waals surface area contributed by atoms with Crippen molar-refractivity contribution in [3.05, 3.63) is 42.7 Å². The normalized spacial score (nSPS) is 11.1.